The van der Waals surface area contributed by atoms with Crippen LogP contribution in [0.1, 0.15) is 16.8 Å². The minimum atomic E-state index is -0.500. The van der Waals surface area contributed by atoms with Crippen molar-refractivity contribution in [3.63, 3.8) is 0 Å². The lowest BCUT2D eigenvalue weighted by Gasteiger charge is -2.20. The molecule has 1 heterocycles. The molecular weight excluding hydrogens is 392 g/mol. The number of nitro groups is 1. The van der Waals surface area contributed by atoms with Crippen LogP contribution in [0.25, 0.3) is 10.2 Å². The first kappa shape index (κ1) is 20.7. The molecule has 0 aliphatic heterocycles. The van der Waals surface area contributed by atoms with Gasteiger partial charge in [-0.2, -0.15) is 0 Å². The number of amides is 1. The Morgan fingerprint density at radius 2 is 2.07 bits per heavy atom. The fraction of sp³-hybridized carbons (Fsp3) is 0.300. The number of methoxy groups -OCH3 is 1. The number of carbonyl (C=O) groups excluding carboxylic acids is 1. The topological polar surface area (TPSA) is 90.0 Å². The zero-order chi connectivity index (χ0) is 21.0. The number of nitrogens with zero attached hydrogens (tertiary/aromatic N) is 3. The molecular formula is C20H23N4O4S+. The molecule has 0 saturated heterocycles. The molecule has 1 amide bonds. The number of carbonyl (C=O) groups is 1. The highest BCUT2D eigenvalue weighted by molar-refractivity contribution is 7.22. The maximum Gasteiger partial charge on any atom is 0.270 e. The molecule has 0 spiro atoms. The van der Waals surface area contributed by atoms with Crippen molar-refractivity contribution in [3.05, 3.63) is 58.1 Å². The van der Waals surface area contributed by atoms with Crippen LogP contribution in [0.5, 0.6) is 5.75 Å². The molecule has 0 saturated carbocycles. The average molecular weight is 415 g/mol. The molecule has 0 aliphatic rings. The van der Waals surface area contributed by atoms with Gasteiger partial charge in [-0.25, -0.2) is 4.98 Å². The Balaban J connectivity index is 1.96. The van der Waals surface area contributed by atoms with Crippen molar-refractivity contribution in [2.24, 2.45) is 0 Å². The summed E-state index contributed by atoms with van der Waals surface area (Å²) in [5.74, 6) is 0.425. The van der Waals surface area contributed by atoms with Gasteiger partial charge in [0, 0.05) is 30.7 Å². The monoisotopic (exact) mass is 415 g/mol. The molecule has 2 aromatic carbocycles. The van der Waals surface area contributed by atoms with Gasteiger partial charge in [-0.1, -0.05) is 17.4 Å². The number of anilines is 1. The first-order valence-electron chi connectivity index (χ1n) is 9.19. The van der Waals surface area contributed by atoms with Crippen molar-refractivity contribution in [1.29, 1.82) is 0 Å². The Morgan fingerprint density at radius 1 is 1.28 bits per heavy atom. The standard InChI is InChI=1S/C20H22N4O4S/c1-22(2)10-5-11-23(19(25)14-6-4-7-15(12-14)24(26)27)20-21-17-9-8-16(28-3)13-18(17)29-20/h4,6-9,12-13H,5,10-11H2,1-3H3/p+1. The maximum absolute atomic E-state index is 13.2. The van der Waals surface area contributed by atoms with Crippen LogP contribution < -0.4 is 14.5 Å². The highest BCUT2D eigenvalue weighted by Gasteiger charge is 2.23. The summed E-state index contributed by atoms with van der Waals surface area (Å²) in [5.41, 5.74) is 0.941. The van der Waals surface area contributed by atoms with E-state index in [1.165, 1.54) is 34.4 Å². The number of ether oxygens (including phenoxy) is 1. The van der Waals surface area contributed by atoms with Gasteiger partial charge in [0.2, 0.25) is 0 Å². The van der Waals surface area contributed by atoms with Crippen molar-refractivity contribution < 1.29 is 19.4 Å². The molecule has 3 rings (SSSR count). The number of thiazole rings is 1. The maximum atomic E-state index is 13.2. The molecule has 1 aromatic heterocycles. The predicted molar refractivity (Wildman–Crippen MR) is 113 cm³/mol. The van der Waals surface area contributed by atoms with E-state index < -0.39 is 4.92 Å². The van der Waals surface area contributed by atoms with Crippen LogP contribution in [-0.4, -0.2) is 50.1 Å². The summed E-state index contributed by atoms with van der Waals surface area (Å²) in [4.78, 5) is 31.3. The van der Waals surface area contributed by atoms with Crippen molar-refractivity contribution in [2.75, 3.05) is 39.2 Å². The number of hydrogen-bond acceptors (Lipinski definition) is 6. The van der Waals surface area contributed by atoms with E-state index in [9.17, 15) is 14.9 Å². The summed E-state index contributed by atoms with van der Waals surface area (Å²) in [6.45, 7) is 1.36. The third-order valence-corrected chi connectivity index (χ3v) is 5.46. The van der Waals surface area contributed by atoms with E-state index in [0.717, 1.165) is 28.9 Å². The number of benzene rings is 2. The Labute approximate surface area is 172 Å². The Morgan fingerprint density at radius 3 is 2.76 bits per heavy atom. The highest BCUT2D eigenvalue weighted by atomic mass is 32.1. The fourth-order valence-corrected chi connectivity index (χ4v) is 3.94. The van der Waals surface area contributed by atoms with E-state index in [1.807, 2.05) is 18.2 Å². The van der Waals surface area contributed by atoms with Gasteiger partial charge in [-0.3, -0.25) is 19.8 Å². The SMILES string of the molecule is COc1ccc2nc(N(CCC[NH+](C)C)C(=O)c3cccc([N+](=O)[O-])c3)sc2c1. The van der Waals surface area contributed by atoms with E-state index in [-0.39, 0.29) is 17.2 Å². The van der Waals surface area contributed by atoms with Crippen LogP contribution in [0.2, 0.25) is 0 Å². The number of fused-ring (bicyclic) bond motifs is 1. The van der Waals surface area contributed by atoms with E-state index in [0.29, 0.717) is 11.7 Å². The van der Waals surface area contributed by atoms with Crippen molar-refractivity contribution >= 4 is 38.3 Å². The number of non-ortho nitro benzene ring substituents is 1. The molecule has 0 unspecified atom stereocenters. The summed E-state index contributed by atoms with van der Waals surface area (Å²) < 4.78 is 6.18. The summed E-state index contributed by atoms with van der Waals surface area (Å²) in [5, 5.41) is 11.7. The van der Waals surface area contributed by atoms with Crippen LogP contribution in [0, 0.1) is 10.1 Å². The molecule has 0 bridgehead atoms. The Bertz CT molecular complexity index is 1030. The van der Waals surface area contributed by atoms with Gasteiger partial charge >= 0.3 is 0 Å². The molecule has 8 nitrogen and oxygen atoms in total. The first-order valence-corrected chi connectivity index (χ1v) is 10.0. The molecule has 1 N–H and O–H groups in total. The van der Waals surface area contributed by atoms with Gasteiger partial charge in [0.1, 0.15) is 5.75 Å². The van der Waals surface area contributed by atoms with Crippen LogP contribution >= 0.6 is 11.3 Å². The van der Waals surface area contributed by atoms with Crippen LogP contribution in [-0.2, 0) is 0 Å². The van der Waals surface area contributed by atoms with Crippen LogP contribution in [0.4, 0.5) is 10.8 Å². The Kier molecular flexibility index (Phi) is 6.40. The van der Waals surface area contributed by atoms with Crippen LogP contribution in [0.3, 0.4) is 0 Å². The number of nitrogens with one attached hydrogen (secondary N) is 1. The lowest BCUT2D eigenvalue weighted by molar-refractivity contribution is -0.858. The lowest BCUT2D eigenvalue weighted by atomic mass is 10.1. The van der Waals surface area contributed by atoms with Gasteiger partial charge in [-0.15, -0.1) is 0 Å². The zero-order valence-corrected chi connectivity index (χ0v) is 17.4. The lowest BCUT2D eigenvalue weighted by Crippen LogP contribution is -3.05. The number of rotatable bonds is 8. The van der Waals surface area contributed by atoms with Gasteiger partial charge in [-0.05, 0) is 24.3 Å². The molecule has 9 heteroatoms. The largest absolute Gasteiger partial charge is 0.497 e. The minimum Gasteiger partial charge on any atom is -0.497 e. The number of nitro benzene ring substituents is 1. The Hall–Kier alpha value is -3.04. The first-order chi connectivity index (χ1) is 13.9. The molecule has 0 radical (unpaired) electrons. The van der Waals surface area contributed by atoms with Gasteiger partial charge in [0.25, 0.3) is 11.6 Å². The number of quaternary nitrogens is 1. The summed E-state index contributed by atoms with van der Waals surface area (Å²) in [6, 6.07) is 11.4. The second kappa shape index (κ2) is 8.97. The van der Waals surface area contributed by atoms with E-state index in [2.05, 4.69) is 19.1 Å². The second-order valence-electron chi connectivity index (χ2n) is 6.90. The van der Waals surface area contributed by atoms with Gasteiger partial charge in [0.15, 0.2) is 5.13 Å². The quantitative estimate of drug-likeness (QED) is 0.451. The normalized spacial score (nSPS) is 11.0. The average Bonchev–Trinajstić information content (AvgIpc) is 3.13. The van der Waals surface area contributed by atoms with Gasteiger partial charge < -0.3 is 9.64 Å². The predicted octanol–water partition coefficient (Wildman–Crippen LogP) is 2.39. The molecule has 0 atom stereocenters. The summed E-state index contributed by atoms with van der Waals surface area (Å²) >= 11 is 1.40. The van der Waals surface area contributed by atoms with Crippen molar-refractivity contribution in [2.45, 2.75) is 6.42 Å². The summed E-state index contributed by atoms with van der Waals surface area (Å²) in [7, 11) is 5.71. The minimum absolute atomic E-state index is 0.109. The van der Waals surface area contributed by atoms with Crippen molar-refractivity contribution in [1.82, 2.24) is 4.98 Å². The second-order valence-corrected chi connectivity index (χ2v) is 7.91. The molecule has 0 aliphatic carbocycles. The van der Waals surface area contributed by atoms with Crippen molar-refractivity contribution in [3.8, 4) is 5.75 Å². The molecule has 152 valence electrons. The number of aromatic nitrogens is 1. The van der Waals surface area contributed by atoms with Gasteiger partial charge in [0.05, 0.1) is 42.9 Å². The summed E-state index contributed by atoms with van der Waals surface area (Å²) in [6.07, 6.45) is 0.780. The molecule has 29 heavy (non-hydrogen) atoms. The third-order valence-electron chi connectivity index (χ3n) is 4.42. The fourth-order valence-electron chi connectivity index (χ4n) is 2.92. The number of hydrogen-bond donors (Lipinski definition) is 1. The smallest absolute Gasteiger partial charge is 0.270 e. The molecule has 0 fully saturated rings. The zero-order valence-electron chi connectivity index (χ0n) is 16.5. The third kappa shape index (κ3) is 4.87. The van der Waals surface area contributed by atoms with E-state index >= 15 is 0 Å². The van der Waals surface area contributed by atoms with Crippen LogP contribution in [0.15, 0.2) is 42.5 Å². The molecule has 3 aromatic rings. The van der Waals surface area contributed by atoms with E-state index in [1.54, 1.807) is 18.1 Å². The van der Waals surface area contributed by atoms with E-state index in [4.69, 9.17) is 4.74 Å². The highest BCUT2D eigenvalue weighted by Crippen LogP contribution is 2.32.